The minimum absolute atomic E-state index is 0.121. The van der Waals surface area contributed by atoms with E-state index >= 15 is 0 Å². The van der Waals surface area contributed by atoms with E-state index in [9.17, 15) is 14.7 Å². The van der Waals surface area contributed by atoms with Gasteiger partial charge < -0.3 is 9.84 Å². The van der Waals surface area contributed by atoms with E-state index in [1.165, 1.54) is 11.0 Å². The SMILES string of the molecule is CCOc1ccc(Cl)c(/C(O)=C2\C(=O)C(=O)N(c3cccc(Cl)c3)C2c2ccccn2)c1. The number of anilines is 1. The molecule has 1 amide bonds. The number of benzene rings is 2. The smallest absolute Gasteiger partial charge is 0.300 e. The third-order valence-electron chi connectivity index (χ3n) is 5.00. The van der Waals surface area contributed by atoms with Crippen LogP contribution < -0.4 is 9.64 Å². The Bertz CT molecular complexity index is 1230. The van der Waals surface area contributed by atoms with Crippen molar-refractivity contribution in [2.75, 3.05) is 11.5 Å². The molecule has 2 aromatic carbocycles. The largest absolute Gasteiger partial charge is 0.507 e. The number of ketones is 1. The van der Waals surface area contributed by atoms with E-state index in [1.54, 1.807) is 60.8 Å². The standard InChI is InChI=1S/C24H18Cl2N2O4/c1-2-32-16-9-10-18(26)17(13-16)22(29)20-21(19-8-3-4-11-27-19)28(24(31)23(20)30)15-7-5-6-14(25)12-15/h3-13,21,29H,2H2,1H3/b22-20+. The summed E-state index contributed by atoms with van der Waals surface area (Å²) >= 11 is 12.5. The van der Waals surface area contributed by atoms with Crippen LogP contribution in [0, 0.1) is 0 Å². The molecule has 0 aliphatic carbocycles. The van der Waals surface area contributed by atoms with Crippen molar-refractivity contribution in [1.29, 1.82) is 0 Å². The maximum Gasteiger partial charge on any atom is 0.300 e. The highest BCUT2D eigenvalue weighted by molar-refractivity contribution is 6.52. The van der Waals surface area contributed by atoms with Gasteiger partial charge in [0.25, 0.3) is 11.7 Å². The third kappa shape index (κ3) is 3.95. The predicted molar refractivity (Wildman–Crippen MR) is 123 cm³/mol. The summed E-state index contributed by atoms with van der Waals surface area (Å²) in [6.45, 7) is 2.24. The molecule has 8 heteroatoms. The minimum Gasteiger partial charge on any atom is -0.507 e. The molecule has 1 unspecified atom stereocenters. The number of Topliss-reactive ketones (excluding diaryl/α,β-unsaturated/α-hetero) is 1. The van der Waals surface area contributed by atoms with Crippen LogP contribution in [0.4, 0.5) is 5.69 Å². The Morgan fingerprint density at radius 2 is 1.91 bits per heavy atom. The molecule has 6 nitrogen and oxygen atoms in total. The number of aromatic nitrogens is 1. The van der Waals surface area contributed by atoms with Crippen molar-refractivity contribution in [1.82, 2.24) is 4.98 Å². The van der Waals surface area contributed by atoms with Crippen LogP contribution in [-0.2, 0) is 9.59 Å². The van der Waals surface area contributed by atoms with E-state index < -0.39 is 23.5 Å². The Balaban J connectivity index is 1.95. The van der Waals surface area contributed by atoms with Crippen molar-refractivity contribution in [3.8, 4) is 5.75 Å². The van der Waals surface area contributed by atoms with Crippen LogP contribution in [0.25, 0.3) is 5.76 Å². The lowest BCUT2D eigenvalue weighted by Gasteiger charge is -2.24. The highest BCUT2D eigenvalue weighted by atomic mass is 35.5. The number of nitrogens with zero attached hydrogens (tertiary/aromatic N) is 2. The van der Waals surface area contributed by atoms with Crippen LogP contribution in [-0.4, -0.2) is 28.4 Å². The zero-order chi connectivity index (χ0) is 22.8. The molecule has 1 atom stereocenters. The summed E-state index contributed by atoms with van der Waals surface area (Å²) in [6, 6.07) is 15.5. The average molecular weight is 469 g/mol. The van der Waals surface area contributed by atoms with Crippen molar-refractivity contribution in [3.63, 3.8) is 0 Å². The summed E-state index contributed by atoms with van der Waals surface area (Å²) in [5, 5.41) is 11.8. The summed E-state index contributed by atoms with van der Waals surface area (Å²) < 4.78 is 5.50. The lowest BCUT2D eigenvalue weighted by molar-refractivity contribution is -0.132. The van der Waals surface area contributed by atoms with Gasteiger partial charge in [-0.3, -0.25) is 19.5 Å². The molecule has 3 aromatic rings. The maximum atomic E-state index is 13.2. The fraction of sp³-hybridized carbons (Fsp3) is 0.125. The fourth-order valence-electron chi connectivity index (χ4n) is 3.63. The third-order valence-corrected chi connectivity index (χ3v) is 5.57. The van der Waals surface area contributed by atoms with Crippen LogP contribution in [0.2, 0.25) is 10.0 Å². The monoisotopic (exact) mass is 468 g/mol. The number of carbonyl (C=O) groups is 2. The lowest BCUT2D eigenvalue weighted by Crippen LogP contribution is -2.29. The quantitative estimate of drug-likeness (QED) is 0.307. The number of pyridine rings is 1. The van der Waals surface area contributed by atoms with Crippen LogP contribution in [0.15, 0.2) is 72.4 Å². The molecule has 32 heavy (non-hydrogen) atoms. The first-order valence-electron chi connectivity index (χ1n) is 9.82. The average Bonchev–Trinajstić information content (AvgIpc) is 3.06. The molecular weight excluding hydrogens is 451 g/mol. The summed E-state index contributed by atoms with van der Waals surface area (Å²) in [5.74, 6) is -1.59. The fourth-order valence-corrected chi connectivity index (χ4v) is 4.02. The van der Waals surface area contributed by atoms with Gasteiger partial charge in [-0.15, -0.1) is 0 Å². The van der Waals surface area contributed by atoms with Crippen molar-refractivity contribution in [2.45, 2.75) is 13.0 Å². The van der Waals surface area contributed by atoms with Gasteiger partial charge in [-0.05, 0) is 55.5 Å². The summed E-state index contributed by atoms with van der Waals surface area (Å²) in [4.78, 5) is 31.9. The van der Waals surface area contributed by atoms with E-state index in [4.69, 9.17) is 27.9 Å². The van der Waals surface area contributed by atoms with Crippen molar-refractivity contribution < 1.29 is 19.4 Å². The maximum absolute atomic E-state index is 13.2. The van der Waals surface area contributed by atoms with Crippen LogP contribution in [0.1, 0.15) is 24.2 Å². The van der Waals surface area contributed by atoms with Crippen LogP contribution in [0.5, 0.6) is 5.75 Å². The molecule has 2 heterocycles. The molecular formula is C24H18Cl2N2O4. The van der Waals surface area contributed by atoms with Crippen molar-refractivity contribution in [2.24, 2.45) is 0 Å². The van der Waals surface area contributed by atoms with E-state index in [-0.39, 0.29) is 16.2 Å². The first-order chi connectivity index (χ1) is 15.4. The summed E-state index contributed by atoms with van der Waals surface area (Å²) in [7, 11) is 0. The number of carbonyl (C=O) groups excluding carboxylic acids is 2. The van der Waals surface area contributed by atoms with Gasteiger partial charge in [-0.2, -0.15) is 0 Å². The molecule has 1 N–H and O–H groups in total. The van der Waals surface area contributed by atoms with Gasteiger partial charge in [0.05, 0.1) is 22.9 Å². The topological polar surface area (TPSA) is 79.7 Å². The zero-order valence-corrected chi connectivity index (χ0v) is 18.5. The Kier molecular flexibility index (Phi) is 6.17. The Morgan fingerprint density at radius 3 is 2.59 bits per heavy atom. The minimum atomic E-state index is -0.971. The number of aliphatic hydroxyl groups excluding tert-OH is 1. The molecule has 1 aliphatic rings. The highest BCUT2D eigenvalue weighted by Gasteiger charge is 2.47. The molecule has 1 aromatic heterocycles. The van der Waals surface area contributed by atoms with E-state index in [2.05, 4.69) is 4.98 Å². The van der Waals surface area contributed by atoms with E-state index in [1.807, 2.05) is 6.92 Å². The summed E-state index contributed by atoms with van der Waals surface area (Å²) in [5.41, 5.74) is 0.876. The number of halogens is 2. The molecule has 0 bridgehead atoms. The Morgan fingerprint density at radius 1 is 1.09 bits per heavy atom. The van der Waals surface area contributed by atoms with Gasteiger partial charge in [0.1, 0.15) is 17.6 Å². The van der Waals surface area contributed by atoms with Gasteiger partial charge in [-0.25, -0.2) is 0 Å². The second-order valence-electron chi connectivity index (χ2n) is 6.98. The Hall–Kier alpha value is -3.35. The van der Waals surface area contributed by atoms with Gasteiger partial charge in [0.15, 0.2) is 0 Å². The molecule has 1 saturated heterocycles. The Labute approximate surface area is 194 Å². The van der Waals surface area contributed by atoms with Gasteiger partial charge in [0, 0.05) is 22.5 Å². The molecule has 162 valence electrons. The first-order valence-corrected chi connectivity index (χ1v) is 10.6. The first kappa shape index (κ1) is 21.9. The molecule has 4 rings (SSSR count). The molecule has 0 spiro atoms. The van der Waals surface area contributed by atoms with Gasteiger partial charge in [-0.1, -0.05) is 35.3 Å². The highest BCUT2D eigenvalue weighted by Crippen LogP contribution is 2.43. The molecule has 0 radical (unpaired) electrons. The van der Waals surface area contributed by atoms with Gasteiger partial charge >= 0.3 is 0 Å². The summed E-state index contributed by atoms with van der Waals surface area (Å²) in [6.07, 6.45) is 1.55. The second kappa shape index (κ2) is 9.02. The number of amides is 1. The normalized spacial score (nSPS) is 17.6. The molecule has 0 saturated carbocycles. The molecule has 1 aliphatic heterocycles. The van der Waals surface area contributed by atoms with Crippen molar-refractivity contribution >= 4 is 46.3 Å². The second-order valence-corrected chi connectivity index (χ2v) is 7.82. The van der Waals surface area contributed by atoms with E-state index in [0.29, 0.717) is 28.8 Å². The zero-order valence-electron chi connectivity index (χ0n) is 17.0. The van der Waals surface area contributed by atoms with Crippen LogP contribution in [0.3, 0.4) is 0 Å². The number of rotatable bonds is 5. The molecule has 1 fully saturated rings. The van der Waals surface area contributed by atoms with Gasteiger partial charge in [0.2, 0.25) is 0 Å². The number of hydrogen-bond acceptors (Lipinski definition) is 5. The number of ether oxygens (including phenoxy) is 1. The van der Waals surface area contributed by atoms with E-state index in [0.717, 1.165) is 0 Å². The predicted octanol–water partition coefficient (Wildman–Crippen LogP) is 5.41. The lowest BCUT2D eigenvalue weighted by atomic mass is 9.98. The number of hydrogen-bond donors (Lipinski definition) is 1. The van der Waals surface area contributed by atoms with Crippen molar-refractivity contribution in [3.05, 3.63) is 93.7 Å². The number of aliphatic hydroxyl groups is 1. The van der Waals surface area contributed by atoms with Crippen LogP contribution >= 0.6 is 23.2 Å².